The maximum atomic E-state index is 12.7. The number of ether oxygens (including phenoxy) is 3. The molecule has 352 valence electrons. The Morgan fingerprint density at radius 1 is 0.317 bits per heavy atom. The Hall–Kier alpha value is -2.11. The van der Waals surface area contributed by atoms with Gasteiger partial charge in [-0.1, -0.05) is 225 Å². The number of carbonyl (C=O) groups is 3. The Kier molecular flexibility index (Phi) is 47.8. The van der Waals surface area contributed by atoms with Gasteiger partial charge in [0.25, 0.3) is 0 Å². The van der Waals surface area contributed by atoms with Crippen molar-refractivity contribution in [2.45, 2.75) is 290 Å². The molecule has 0 heterocycles. The van der Waals surface area contributed by atoms with Crippen LogP contribution in [0.25, 0.3) is 0 Å². The topological polar surface area (TPSA) is 78.9 Å². The van der Waals surface area contributed by atoms with Crippen LogP contribution in [0, 0.1) is 0 Å². The summed E-state index contributed by atoms with van der Waals surface area (Å²) in [4.78, 5) is 37.8. The summed E-state index contributed by atoms with van der Waals surface area (Å²) in [5.41, 5.74) is 0. The van der Waals surface area contributed by atoms with Crippen molar-refractivity contribution in [1.82, 2.24) is 0 Å². The number of allylic oxidation sites excluding steroid dienone is 4. The summed E-state index contributed by atoms with van der Waals surface area (Å²) in [5, 5.41) is 0. The van der Waals surface area contributed by atoms with Gasteiger partial charge in [-0.25, -0.2) is 0 Å². The summed E-state index contributed by atoms with van der Waals surface area (Å²) in [6, 6.07) is 0. The number of rotatable bonds is 48. The van der Waals surface area contributed by atoms with Gasteiger partial charge in [0.1, 0.15) is 13.2 Å². The fourth-order valence-electron chi connectivity index (χ4n) is 7.65. The SMILES string of the molecule is CCCC/C=C\CCCCCCCC(=O)OC(COC(=O)CCCCCCCCCCCC)COC(=O)CCCCCCCCCCC/C=C\CCCCCCCCCC. The molecule has 0 aliphatic carbocycles. The monoisotopic (exact) mass is 845 g/mol. The molecule has 0 aromatic rings. The summed E-state index contributed by atoms with van der Waals surface area (Å²) in [6.07, 6.45) is 56.0. The van der Waals surface area contributed by atoms with E-state index < -0.39 is 6.10 Å². The molecule has 1 atom stereocenters. The maximum absolute atomic E-state index is 12.7. The van der Waals surface area contributed by atoms with Crippen LogP contribution in [0.15, 0.2) is 24.3 Å². The van der Waals surface area contributed by atoms with Gasteiger partial charge in [-0.05, 0) is 64.2 Å². The van der Waals surface area contributed by atoms with Crippen LogP contribution in [-0.2, 0) is 28.6 Å². The molecular formula is C54H100O6. The summed E-state index contributed by atoms with van der Waals surface area (Å²) < 4.78 is 16.8. The van der Waals surface area contributed by atoms with E-state index in [9.17, 15) is 14.4 Å². The number of carbonyl (C=O) groups excluding carboxylic acids is 3. The van der Waals surface area contributed by atoms with Gasteiger partial charge in [0.15, 0.2) is 6.10 Å². The molecule has 0 amide bonds. The first-order valence-electron chi connectivity index (χ1n) is 26.3. The number of hydrogen-bond donors (Lipinski definition) is 0. The first-order valence-corrected chi connectivity index (χ1v) is 26.3. The fraction of sp³-hybridized carbons (Fsp3) is 0.870. The van der Waals surface area contributed by atoms with Gasteiger partial charge in [0.05, 0.1) is 0 Å². The summed E-state index contributed by atoms with van der Waals surface area (Å²) in [6.45, 7) is 6.60. The van der Waals surface area contributed by atoms with Crippen LogP contribution in [0.2, 0.25) is 0 Å². The van der Waals surface area contributed by atoms with E-state index in [4.69, 9.17) is 14.2 Å². The second-order valence-corrected chi connectivity index (χ2v) is 17.8. The van der Waals surface area contributed by atoms with E-state index in [2.05, 4.69) is 45.1 Å². The maximum Gasteiger partial charge on any atom is 0.306 e. The average molecular weight is 845 g/mol. The molecule has 0 aromatic heterocycles. The minimum absolute atomic E-state index is 0.0720. The first-order chi connectivity index (χ1) is 29.5. The second-order valence-electron chi connectivity index (χ2n) is 17.8. The molecule has 6 heteroatoms. The highest BCUT2D eigenvalue weighted by molar-refractivity contribution is 5.71. The minimum atomic E-state index is -0.770. The molecule has 0 aliphatic heterocycles. The van der Waals surface area contributed by atoms with E-state index in [0.717, 1.165) is 64.2 Å². The van der Waals surface area contributed by atoms with E-state index in [1.165, 1.54) is 180 Å². The molecule has 0 N–H and O–H groups in total. The average Bonchev–Trinajstić information content (AvgIpc) is 3.24. The Morgan fingerprint density at radius 2 is 0.567 bits per heavy atom. The highest BCUT2D eigenvalue weighted by Crippen LogP contribution is 2.15. The zero-order valence-corrected chi connectivity index (χ0v) is 40.2. The molecule has 0 saturated heterocycles. The van der Waals surface area contributed by atoms with E-state index in [0.29, 0.717) is 19.3 Å². The molecule has 6 nitrogen and oxygen atoms in total. The molecule has 0 bridgehead atoms. The van der Waals surface area contributed by atoms with Gasteiger partial charge in [0.2, 0.25) is 0 Å². The molecule has 0 radical (unpaired) electrons. The van der Waals surface area contributed by atoms with Crippen molar-refractivity contribution < 1.29 is 28.6 Å². The molecule has 0 rings (SSSR count). The van der Waals surface area contributed by atoms with Crippen molar-refractivity contribution in [2.75, 3.05) is 13.2 Å². The molecule has 0 aromatic carbocycles. The Labute approximate surface area is 373 Å². The second kappa shape index (κ2) is 49.5. The molecule has 1 unspecified atom stereocenters. The zero-order valence-electron chi connectivity index (χ0n) is 40.2. The van der Waals surface area contributed by atoms with Crippen molar-refractivity contribution in [3.05, 3.63) is 24.3 Å². The zero-order chi connectivity index (χ0) is 43.7. The Balaban J connectivity index is 4.22. The predicted molar refractivity (Wildman–Crippen MR) is 256 cm³/mol. The standard InChI is InChI=1S/C54H100O6/c1-4-7-10-13-16-19-22-23-24-25-26-27-28-29-30-31-33-35-38-41-44-47-53(56)59-50-51(49-58-52(55)46-43-40-37-34-21-18-15-12-9-6-3)60-54(57)48-45-42-39-36-32-20-17-14-11-8-5-2/h14,17,25-26,51H,4-13,15-16,18-24,27-50H2,1-3H3/b17-14-,26-25-. The van der Waals surface area contributed by atoms with Gasteiger partial charge in [-0.2, -0.15) is 0 Å². The molecule has 60 heavy (non-hydrogen) atoms. The number of unbranched alkanes of at least 4 members (excludes halogenated alkanes) is 33. The quantitative estimate of drug-likeness (QED) is 0.0263. The third-order valence-electron chi connectivity index (χ3n) is 11.7. The molecule has 0 spiro atoms. The molecule has 0 aliphatic rings. The van der Waals surface area contributed by atoms with E-state index in [1.807, 2.05) is 0 Å². The first kappa shape index (κ1) is 57.9. The molecule has 0 fully saturated rings. The lowest BCUT2D eigenvalue weighted by atomic mass is 10.1. The lowest BCUT2D eigenvalue weighted by Crippen LogP contribution is -2.30. The predicted octanol–water partition coefficient (Wildman–Crippen LogP) is 17.2. The van der Waals surface area contributed by atoms with Crippen molar-refractivity contribution >= 4 is 17.9 Å². The van der Waals surface area contributed by atoms with Gasteiger partial charge in [-0.15, -0.1) is 0 Å². The lowest BCUT2D eigenvalue weighted by Gasteiger charge is -2.18. The van der Waals surface area contributed by atoms with Crippen LogP contribution < -0.4 is 0 Å². The minimum Gasteiger partial charge on any atom is -0.462 e. The van der Waals surface area contributed by atoms with Crippen LogP contribution >= 0.6 is 0 Å². The van der Waals surface area contributed by atoms with Crippen LogP contribution in [0.3, 0.4) is 0 Å². The molecule has 0 saturated carbocycles. The van der Waals surface area contributed by atoms with Crippen molar-refractivity contribution in [3.8, 4) is 0 Å². The van der Waals surface area contributed by atoms with Crippen molar-refractivity contribution in [1.29, 1.82) is 0 Å². The van der Waals surface area contributed by atoms with Crippen LogP contribution in [0.1, 0.15) is 284 Å². The molecular weight excluding hydrogens is 745 g/mol. The van der Waals surface area contributed by atoms with Crippen molar-refractivity contribution in [3.63, 3.8) is 0 Å². The van der Waals surface area contributed by atoms with Gasteiger partial charge >= 0.3 is 17.9 Å². The van der Waals surface area contributed by atoms with Gasteiger partial charge < -0.3 is 14.2 Å². The Morgan fingerprint density at radius 3 is 0.883 bits per heavy atom. The van der Waals surface area contributed by atoms with Crippen molar-refractivity contribution in [2.24, 2.45) is 0 Å². The third kappa shape index (κ3) is 46.9. The smallest absolute Gasteiger partial charge is 0.306 e. The van der Waals surface area contributed by atoms with Crippen LogP contribution in [0.5, 0.6) is 0 Å². The number of esters is 3. The largest absolute Gasteiger partial charge is 0.462 e. The van der Waals surface area contributed by atoms with E-state index >= 15 is 0 Å². The van der Waals surface area contributed by atoms with E-state index in [1.54, 1.807) is 0 Å². The van der Waals surface area contributed by atoms with E-state index in [-0.39, 0.29) is 31.1 Å². The third-order valence-corrected chi connectivity index (χ3v) is 11.7. The normalized spacial score (nSPS) is 12.1. The number of hydrogen-bond acceptors (Lipinski definition) is 6. The van der Waals surface area contributed by atoms with Crippen LogP contribution in [-0.4, -0.2) is 37.2 Å². The van der Waals surface area contributed by atoms with Gasteiger partial charge in [0, 0.05) is 19.3 Å². The summed E-state index contributed by atoms with van der Waals surface area (Å²) >= 11 is 0. The summed E-state index contributed by atoms with van der Waals surface area (Å²) in [7, 11) is 0. The highest BCUT2D eigenvalue weighted by Gasteiger charge is 2.19. The lowest BCUT2D eigenvalue weighted by molar-refractivity contribution is -0.167. The van der Waals surface area contributed by atoms with Crippen LogP contribution in [0.4, 0.5) is 0 Å². The Bertz CT molecular complexity index is 973. The fourth-order valence-corrected chi connectivity index (χ4v) is 7.65. The van der Waals surface area contributed by atoms with Gasteiger partial charge in [-0.3, -0.25) is 14.4 Å². The highest BCUT2D eigenvalue weighted by atomic mass is 16.6. The summed E-state index contributed by atoms with van der Waals surface area (Å²) in [5.74, 6) is -0.875.